The maximum atomic E-state index is 12.8. The molecule has 3 rings (SSSR count). The molecule has 0 aromatic carbocycles. The van der Waals surface area contributed by atoms with E-state index in [4.69, 9.17) is 0 Å². The van der Waals surface area contributed by atoms with Gasteiger partial charge in [-0.25, -0.2) is 9.97 Å². The zero-order valence-electron chi connectivity index (χ0n) is 13.2. The monoisotopic (exact) mass is 299 g/mol. The van der Waals surface area contributed by atoms with Crippen molar-refractivity contribution >= 4 is 11.7 Å². The second-order valence-corrected chi connectivity index (χ2v) is 5.64. The predicted octanol–water partition coefficient (Wildman–Crippen LogP) is 2.14. The van der Waals surface area contributed by atoms with Crippen molar-refractivity contribution in [2.45, 2.75) is 25.8 Å². The maximum absolute atomic E-state index is 12.8. The minimum atomic E-state index is 0.0243. The van der Waals surface area contributed by atoms with Crippen molar-refractivity contribution in [1.29, 1.82) is 0 Å². The first-order valence-corrected chi connectivity index (χ1v) is 7.56. The number of carbonyl (C=O) groups is 1. The Bertz CT molecular complexity index is 694. The molecule has 0 aliphatic carbocycles. The summed E-state index contributed by atoms with van der Waals surface area (Å²) in [5.74, 6) is 1.58. The summed E-state index contributed by atoms with van der Waals surface area (Å²) in [6.45, 7) is 2.65. The van der Waals surface area contributed by atoms with Crippen LogP contribution in [0.4, 0.5) is 5.82 Å². The Morgan fingerprint density at radius 3 is 2.91 bits per heavy atom. The average Bonchev–Trinajstić information content (AvgIpc) is 3.14. The number of aryl methyl sites for hydroxylation is 2. The number of hydrogen-bond donors (Lipinski definition) is 1. The van der Waals surface area contributed by atoms with Gasteiger partial charge in [0.05, 0.1) is 11.7 Å². The Balaban J connectivity index is 1.92. The number of nitrogens with one attached hydrogen (secondary N) is 1. The topological polar surface area (TPSA) is 63.1 Å². The standard InChI is InChI=1S/C16H21N5O/c1-11-18-12(10-15(17-2)19-11)13-6-5-9-21(13)16(22)14-7-4-8-20(14)3/h4,7-8,10,13H,5-6,9H2,1-3H3,(H,17,18,19)/t13-/m1/s1. The van der Waals surface area contributed by atoms with Crippen LogP contribution in [0.5, 0.6) is 0 Å². The molecular weight excluding hydrogens is 278 g/mol. The van der Waals surface area contributed by atoms with Gasteiger partial charge in [-0.05, 0) is 31.9 Å². The number of aromatic nitrogens is 3. The van der Waals surface area contributed by atoms with E-state index in [0.717, 1.165) is 36.7 Å². The molecule has 6 nitrogen and oxygen atoms in total. The molecule has 1 aliphatic heterocycles. The van der Waals surface area contributed by atoms with E-state index in [9.17, 15) is 4.79 Å². The lowest BCUT2D eigenvalue weighted by atomic mass is 10.1. The highest BCUT2D eigenvalue weighted by Crippen LogP contribution is 2.32. The molecule has 0 saturated carbocycles. The lowest BCUT2D eigenvalue weighted by Gasteiger charge is -2.25. The molecule has 1 aliphatic rings. The fourth-order valence-corrected chi connectivity index (χ4v) is 3.04. The van der Waals surface area contributed by atoms with Crippen LogP contribution in [0.25, 0.3) is 0 Å². The Kier molecular flexibility index (Phi) is 3.83. The van der Waals surface area contributed by atoms with E-state index >= 15 is 0 Å². The molecular formula is C16H21N5O. The van der Waals surface area contributed by atoms with Crippen LogP contribution in [0.2, 0.25) is 0 Å². The zero-order chi connectivity index (χ0) is 15.7. The summed E-state index contributed by atoms with van der Waals surface area (Å²) in [5, 5.41) is 3.05. The molecule has 2 aromatic heterocycles. The number of amides is 1. The van der Waals surface area contributed by atoms with Crippen LogP contribution in [0.1, 0.15) is 40.9 Å². The van der Waals surface area contributed by atoms with Crippen LogP contribution in [-0.4, -0.2) is 38.9 Å². The van der Waals surface area contributed by atoms with Gasteiger partial charge in [-0.15, -0.1) is 0 Å². The minimum Gasteiger partial charge on any atom is -0.373 e. The second kappa shape index (κ2) is 5.79. The largest absolute Gasteiger partial charge is 0.373 e. The van der Waals surface area contributed by atoms with Crippen molar-refractivity contribution in [3.8, 4) is 0 Å². The summed E-state index contributed by atoms with van der Waals surface area (Å²) in [5.41, 5.74) is 1.63. The van der Waals surface area contributed by atoms with Crippen LogP contribution in [0, 0.1) is 6.92 Å². The number of anilines is 1. The molecule has 116 valence electrons. The highest BCUT2D eigenvalue weighted by molar-refractivity contribution is 5.93. The lowest BCUT2D eigenvalue weighted by molar-refractivity contribution is 0.0723. The van der Waals surface area contributed by atoms with Gasteiger partial charge in [0.25, 0.3) is 5.91 Å². The molecule has 22 heavy (non-hydrogen) atoms. The SMILES string of the molecule is CNc1cc([C@H]2CCCN2C(=O)c2cccn2C)nc(C)n1. The number of likely N-dealkylation sites (tertiary alicyclic amines) is 1. The van der Waals surface area contributed by atoms with E-state index in [-0.39, 0.29) is 11.9 Å². The Hall–Kier alpha value is -2.37. The molecule has 2 aromatic rings. The van der Waals surface area contributed by atoms with Gasteiger partial charge in [-0.2, -0.15) is 0 Å². The minimum absolute atomic E-state index is 0.0243. The van der Waals surface area contributed by atoms with E-state index in [1.54, 1.807) is 0 Å². The highest BCUT2D eigenvalue weighted by Gasteiger charge is 2.32. The summed E-state index contributed by atoms with van der Waals surface area (Å²) in [6.07, 6.45) is 3.83. The highest BCUT2D eigenvalue weighted by atomic mass is 16.2. The first kappa shape index (κ1) is 14.6. The molecule has 1 atom stereocenters. The lowest BCUT2D eigenvalue weighted by Crippen LogP contribution is -2.32. The molecule has 0 spiro atoms. The van der Waals surface area contributed by atoms with E-state index in [0.29, 0.717) is 5.69 Å². The summed E-state index contributed by atoms with van der Waals surface area (Å²) >= 11 is 0. The molecule has 1 N–H and O–H groups in total. The van der Waals surface area contributed by atoms with Crippen molar-refractivity contribution < 1.29 is 4.79 Å². The summed E-state index contributed by atoms with van der Waals surface area (Å²) in [6, 6.07) is 5.72. The van der Waals surface area contributed by atoms with Crippen LogP contribution >= 0.6 is 0 Å². The molecule has 1 saturated heterocycles. The van der Waals surface area contributed by atoms with Gasteiger partial charge in [0.2, 0.25) is 0 Å². The first-order valence-electron chi connectivity index (χ1n) is 7.56. The molecule has 0 bridgehead atoms. The van der Waals surface area contributed by atoms with Crippen molar-refractivity contribution in [3.05, 3.63) is 41.6 Å². The van der Waals surface area contributed by atoms with Crippen LogP contribution in [0.15, 0.2) is 24.4 Å². The van der Waals surface area contributed by atoms with Crippen LogP contribution in [-0.2, 0) is 7.05 Å². The smallest absolute Gasteiger partial charge is 0.271 e. The Morgan fingerprint density at radius 1 is 1.41 bits per heavy atom. The quantitative estimate of drug-likeness (QED) is 0.943. The Morgan fingerprint density at radius 2 is 2.23 bits per heavy atom. The van der Waals surface area contributed by atoms with Crippen LogP contribution < -0.4 is 5.32 Å². The van der Waals surface area contributed by atoms with E-state index in [1.165, 1.54) is 0 Å². The fourth-order valence-electron chi connectivity index (χ4n) is 3.04. The number of nitrogens with zero attached hydrogens (tertiary/aromatic N) is 4. The molecule has 3 heterocycles. The van der Waals surface area contributed by atoms with Crippen molar-refractivity contribution in [1.82, 2.24) is 19.4 Å². The summed E-state index contributed by atoms with van der Waals surface area (Å²) in [7, 11) is 3.74. The normalized spacial score (nSPS) is 17.8. The number of rotatable bonds is 3. The Labute approximate surface area is 130 Å². The van der Waals surface area contributed by atoms with Crippen LogP contribution in [0.3, 0.4) is 0 Å². The fraction of sp³-hybridized carbons (Fsp3) is 0.438. The molecule has 1 fully saturated rings. The number of hydrogen-bond acceptors (Lipinski definition) is 4. The second-order valence-electron chi connectivity index (χ2n) is 5.64. The van der Waals surface area contributed by atoms with Crippen molar-refractivity contribution in [3.63, 3.8) is 0 Å². The maximum Gasteiger partial charge on any atom is 0.271 e. The third kappa shape index (κ3) is 2.56. The van der Waals surface area contributed by atoms with Gasteiger partial charge in [-0.3, -0.25) is 4.79 Å². The molecule has 0 unspecified atom stereocenters. The summed E-state index contributed by atoms with van der Waals surface area (Å²) < 4.78 is 1.86. The van der Waals surface area contributed by atoms with Gasteiger partial charge in [0.15, 0.2) is 0 Å². The predicted molar refractivity (Wildman–Crippen MR) is 84.7 cm³/mol. The van der Waals surface area contributed by atoms with E-state index in [2.05, 4.69) is 15.3 Å². The average molecular weight is 299 g/mol. The van der Waals surface area contributed by atoms with Crippen molar-refractivity contribution in [2.75, 3.05) is 18.9 Å². The molecule has 1 amide bonds. The van der Waals surface area contributed by atoms with Gasteiger partial charge in [0, 0.05) is 32.9 Å². The van der Waals surface area contributed by atoms with E-state index in [1.807, 2.05) is 54.9 Å². The van der Waals surface area contributed by atoms with Gasteiger partial charge >= 0.3 is 0 Å². The van der Waals surface area contributed by atoms with Gasteiger partial charge in [0.1, 0.15) is 17.3 Å². The van der Waals surface area contributed by atoms with Crippen molar-refractivity contribution in [2.24, 2.45) is 7.05 Å². The first-order chi connectivity index (χ1) is 10.6. The van der Waals surface area contributed by atoms with Gasteiger partial charge < -0.3 is 14.8 Å². The van der Waals surface area contributed by atoms with Gasteiger partial charge in [-0.1, -0.05) is 0 Å². The van der Waals surface area contributed by atoms with E-state index < -0.39 is 0 Å². The third-order valence-corrected chi connectivity index (χ3v) is 4.13. The molecule has 0 radical (unpaired) electrons. The summed E-state index contributed by atoms with van der Waals surface area (Å²) in [4.78, 5) is 23.6. The zero-order valence-corrected chi connectivity index (χ0v) is 13.2. The number of carbonyl (C=O) groups excluding carboxylic acids is 1. The molecule has 6 heteroatoms. The third-order valence-electron chi connectivity index (χ3n) is 4.13.